The smallest absolute Gasteiger partial charge is 0.119 e. The molecule has 1 aliphatic heterocycles. The predicted octanol–water partition coefficient (Wildman–Crippen LogP) is 3.74. The molecule has 0 bridgehead atoms. The van der Waals surface area contributed by atoms with Gasteiger partial charge in [-0.05, 0) is 79.4 Å². The molecule has 2 aromatic heterocycles. The van der Waals surface area contributed by atoms with E-state index in [2.05, 4.69) is 21.7 Å². The summed E-state index contributed by atoms with van der Waals surface area (Å²) in [6, 6.07) is 9.59. The molecule has 1 fully saturated rings. The monoisotopic (exact) mass is 480 g/mol. The summed E-state index contributed by atoms with van der Waals surface area (Å²) in [6.07, 6.45) is 3.81. The molecule has 3 heterocycles. The molecule has 1 saturated heterocycles. The predicted molar refractivity (Wildman–Crippen MR) is 135 cm³/mol. The van der Waals surface area contributed by atoms with Crippen molar-refractivity contribution in [2.24, 2.45) is 5.41 Å². The summed E-state index contributed by atoms with van der Waals surface area (Å²) in [4.78, 5) is 7.83. The van der Waals surface area contributed by atoms with Crippen molar-refractivity contribution in [3.05, 3.63) is 57.9 Å². The minimum Gasteiger partial charge on any atom is -0.497 e. The van der Waals surface area contributed by atoms with Gasteiger partial charge in [0.1, 0.15) is 5.75 Å². The molecule has 0 spiro atoms. The van der Waals surface area contributed by atoms with Gasteiger partial charge in [0, 0.05) is 23.8 Å². The second-order valence-electron chi connectivity index (χ2n) is 9.01. The number of benzene rings is 1. The van der Waals surface area contributed by atoms with Crippen LogP contribution < -0.4 is 4.74 Å². The third-order valence-corrected chi connectivity index (χ3v) is 7.72. The van der Waals surface area contributed by atoms with Gasteiger partial charge in [0.2, 0.25) is 0 Å². The third-order valence-electron chi connectivity index (χ3n) is 6.94. The van der Waals surface area contributed by atoms with Gasteiger partial charge in [-0.1, -0.05) is 17.9 Å². The average Bonchev–Trinajstić information content (AvgIpc) is 3.40. The Kier molecular flexibility index (Phi) is 8.19. The van der Waals surface area contributed by atoms with E-state index in [1.165, 1.54) is 0 Å². The molecule has 1 aromatic carbocycles. The number of aromatic nitrogens is 1. The lowest BCUT2D eigenvalue weighted by Crippen LogP contribution is -2.42. The maximum Gasteiger partial charge on any atom is 0.119 e. The van der Waals surface area contributed by atoms with Gasteiger partial charge < -0.3 is 20.1 Å². The van der Waals surface area contributed by atoms with Crippen molar-refractivity contribution in [2.45, 2.75) is 38.4 Å². The Hall–Kier alpha value is -2.47. The molecule has 1 aliphatic rings. The first kappa shape index (κ1) is 24.6. The van der Waals surface area contributed by atoms with Gasteiger partial charge in [-0.3, -0.25) is 9.88 Å². The summed E-state index contributed by atoms with van der Waals surface area (Å²) < 4.78 is 5.36. The highest BCUT2D eigenvalue weighted by atomic mass is 32.1. The van der Waals surface area contributed by atoms with E-state index in [0.29, 0.717) is 29.7 Å². The van der Waals surface area contributed by atoms with E-state index in [-0.39, 0.29) is 18.6 Å². The minimum atomic E-state index is -0.766. The lowest BCUT2D eigenvalue weighted by atomic mass is 9.74. The van der Waals surface area contributed by atoms with Crippen LogP contribution in [-0.4, -0.2) is 58.6 Å². The number of aliphatic hydroxyl groups excluding tert-OH is 3. The number of fused-ring (bicyclic) bond motifs is 1. The fourth-order valence-corrected chi connectivity index (χ4v) is 5.32. The van der Waals surface area contributed by atoms with Crippen molar-refractivity contribution in [1.29, 1.82) is 0 Å². The lowest BCUT2D eigenvalue weighted by molar-refractivity contribution is 0.0271. The first-order valence-corrected chi connectivity index (χ1v) is 12.6. The molecule has 6 nitrogen and oxygen atoms in total. The van der Waals surface area contributed by atoms with Crippen LogP contribution in [0.25, 0.3) is 10.9 Å². The molecule has 34 heavy (non-hydrogen) atoms. The van der Waals surface area contributed by atoms with Gasteiger partial charge >= 0.3 is 0 Å². The molecule has 0 unspecified atom stereocenters. The van der Waals surface area contributed by atoms with Crippen molar-refractivity contribution in [3.8, 4) is 17.6 Å². The zero-order valence-electron chi connectivity index (χ0n) is 19.5. The molecule has 0 aliphatic carbocycles. The van der Waals surface area contributed by atoms with Crippen molar-refractivity contribution in [3.63, 3.8) is 0 Å². The molecule has 0 amide bonds. The minimum absolute atomic E-state index is 0.103. The van der Waals surface area contributed by atoms with Crippen LogP contribution in [0, 0.1) is 17.3 Å². The van der Waals surface area contributed by atoms with Crippen LogP contribution >= 0.6 is 11.3 Å². The normalized spacial score (nSPS) is 16.7. The Bertz CT molecular complexity index is 1140. The third kappa shape index (κ3) is 5.60. The maximum atomic E-state index is 11.2. The number of methoxy groups -OCH3 is 1. The summed E-state index contributed by atoms with van der Waals surface area (Å²) in [5, 5.41) is 34.2. The summed E-state index contributed by atoms with van der Waals surface area (Å²) in [5.74, 6) is 7.15. The zero-order chi connectivity index (χ0) is 24.0. The van der Waals surface area contributed by atoms with Crippen LogP contribution in [-0.2, 0) is 6.61 Å². The largest absolute Gasteiger partial charge is 0.497 e. The topological polar surface area (TPSA) is 86.0 Å². The van der Waals surface area contributed by atoms with Crippen LogP contribution in [0.1, 0.15) is 47.8 Å². The number of hydrogen-bond donors (Lipinski definition) is 3. The SMILES string of the molecule is COc1ccc2ncc(CO)c([C@H](O)CCC3(CO)CCN(CC#Cc4cccs4)CC3)c2c1. The average molecular weight is 481 g/mol. The summed E-state index contributed by atoms with van der Waals surface area (Å²) in [5.41, 5.74) is 1.85. The summed E-state index contributed by atoms with van der Waals surface area (Å²) in [6.45, 7) is 2.40. The van der Waals surface area contributed by atoms with E-state index in [4.69, 9.17) is 4.74 Å². The van der Waals surface area contributed by atoms with Gasteiger partial charge in [0.05, 0.1) is 36.8 Å². The molecule has 180 valence electrons. The van der Waals surface area contributed by atoms with Crippen molar-refractivity contribution in [1.82, 2.24) is 9.88 Å². The van der Waals surface area contributed by atoms with Crippen LogP contribution in [0.3, 0.4) is 0 Å². The molecular formula is C27H32N2O4S. The Labute approximate surface area is 204 Å². The van der Waals surface area contributed by atoms with Gasteiger partial charge in [-0.25, -0.2) is 0 Å². The first-order valence-electron chi connectivity index (χ1n) is 11.7. The highest BCUT2D eigenvalue weighted by Crippen LogP contribution is 2.39. The van der Waals surface area contributed by atoms with E-state index in [9.17, 15) is 15.3 Å². The number of piperidine rings is 1. The van der Waals surface area contributed by atoms with Crippen LogP contribution in [0.5, 0.6) is 5.75 Å². The van der Waals surface area contributed by atoms with E-state index in [0.717, 1.165) is 48.3 Å². The van der Waals surface area contributed by atoms with E-state index in [1.54, 1.807) is 24.6 Å². The van der Waals surface area contributed by atoms with Gasteiger partial charge in [-0.15, -0.1) is 11.3 Å². The number of ether oxygens (including phenoxy) is 1. The number of nitrogens with zero attached hydrogens (tertiary/aromatic N) is 2. The molecule has 3 N–H and O–H groups in total. The fraction of sp³-hybridized carbons (Fsp3) is 0.444. The fourth-order valence-electron chi connectivity index (χ4n) is 4.73. The highest BCUT2D eigenvalue weighted by Gasteiger charge is 2.34. The number of pyridine rings is 1. The number of likely N-dealkylation sites (tertiary alicyclic amines) is 1. The Balaban J connectivity index is 1.42. The van der Waals surface area contributed by atoms with Crippen LogP contribution in [0.2, 0.25) is 0 Å². The van der Waals surface area contributed by atoms with Crippen LogP contribution in [0.4, 0.5) is 0 Å². The summed E-state index contributed by atoms with van der Waals surface area (Å²) in [7, 11) is 1.60. The molecule has 1 atom stereocenters. The number of rotatable bonds is 8. The second-order valence-corrected chi connectivity index (χ2v) is 9.95. The Morgan fingerprint density at radius 3 is 2.74 bits per heavy atom. The number of hydrogen-bond acceptors (Lipinski definition) is 7. The van der Waals surface area contributed by atoms with E-state index in [1.807, 2.05) is 35.7 Å². The van der Waals surface area contributed by atoms with Crippen molar-refractivity contribution in [2.75, 3.05) is 33.4 Å². The first-order chi connectivity index (χ1) is 16.6. The number of aliphatic hydroxyl groups is 3. The lowest BCUT2D eigenvalue weighted by Gasteiger charge is -2.40. The molecule has 0 radical (unpaired) electrons. The highest BCUT2D eigenvalue weighted by molar-refractivity contribution is 7.10. The molecule has 0 saturated carbocycles. The maximum absolute atomic E-state index is 11.2. The zero-order valence-corrected chi connectivity index (χ0v) is 20.4. The Morgan fingerprint density at radius 2 is 2.06 bits per heavy atom. The quantitative estimate of drug-likeness (QED) is 0.426. The van der Waals surface area contributed by atoms with Gasteiger partial charge in [0.15, 0.2) is 0 Å². The standard InChI is InChI=1S/C27H32N2O4S/c1-33-21-6-7-24-23(16-21)26(20(18-30)17-28-24)25(32)8-9-27(19-31)10-13-29(14-11-27)12-2-4-22-5-3-15-34-22/h3,5-7,15-17,25,30-32H,8-14,18-19H2,1H3/t25-/m1/s1. The molecule has 7 heteroatoms. The van der Waals surface area contributed by atoms with Gasteiger partial charge in [-0.2, -0.15) is 0 Å². The molecule has 3 aromatic rings. The summed E-state index contributed by atoms with van der Waals surface area (Å²) >= 11 is 1.65. The van der Waals surface area contributed by atoms with Gasteiger partial charge in [0.25, 0.3) is 0 Å². The molecule has 4 rings (SSSR count). The molecular weight excluding hydrogens is 448 g/mol. The van der Waals surface area contributed by atoms with E-state index < -0.39 is 6.10 Å². The van der Waals surface area contributed by atoms with E-state index >= 15 is 0 Å². The Morgan fingerprint density at radius 1 is 1.24 bits per heavy atom. The van der Waals surface area contributed by atoms with Crippen molar-refractivity contribution < 1.29 is 20.1 Å². The van der Waals surface area contributed by atoms with Crippen LogP contribution in [0.15, 0.2) is 41.9 Å². The second kappa shape index (κ2) is 11.3. The number of thiophene rings is 1. The van der Waals surface area contributed by atoms with Crippen molar-refractivity contribution >= 4 is 22.2 Å².